The second kappa shape index (κ2) is 11.6. The van der Waals surface area contributed by atoms with Crippen LogP contribution in [0.1, 0.15) is 63.4 Å². The van der Waals surface area contributed by atoms with Crippen LogP contribution < -0.4 is 0 Å². The van der Waals surface area contributed by atoms with Gasteiger partial charge in [0.05, 0.1) is 18.9 Å². The van der Waals surface area contributed by atoms with E-state index in [-0.39, 0.29) is 18.9 Å². The Hall–Kier alpha value is -1.47. The molecular formula is C22H35NO5S. The maximum Gasteiger partial charge on any atom is 0.323 e. The van der Waals surface area contributed by atoms with Gasteiger partial charge in [-0.1, -0.05) is 32.1 Å². The van der Waals surface area contributed by atoms with E-state index in [1.54, 1.807) is 18.7 Å². The lowest BCUT2D eigenvalue weighted by Crippen LogP contribution is -2.43. The summed E-state index contributed by atoms with van der Waals surface area (Å²) < 4.78 is 11.0. The molecule has 1 aromatic rings. The van der Waals surface area contributed by atoms with Crippen molar-refractivity contribution in [1.82, 2.24) is 4.90 Å². The zero-order chi connectivity index (χ0) is 21.3. The quantitative estimate of drug-likeness (QED) is 0.298. The maximum absolute atomic E-state index is 12.7. The van der Waals surface area contributed by atoms with E-state index >= 15 is 0 Å². The van der Waals surface area contributed by atoms with E-state index in [1.807, 2.05) is 31.1 Å². The average molecular weight is 426 g/mol. The second-order valence-corrected chi connectivity index (χ2v) is 9.33. The smallest absolute Gasteiger partial charge is 0.323 e. The minimum Gasteiger partial charge on any atom is -0.480 e. The van der Waals surface area contributed by atoms with E-state index in [2.05, 4.69) is 0 Å². The molecule has 0 radical (unpaired) electrons. The molecule has 1 atom stereocenters. The summed E-state index contributed by atoms with van der Waals surface area (Å²) in [7, 11) is 3.98. The van der Waals surface area contributed by atoms with Gasteiger partial charge in [0.15, 0.2) is 5.41 Å². The van der Waals surface area contributed by atoms with Gasteiger partial charge in [-0.05, 0) is 57.7 Å². The minimum absolute atomic E-state index is 0.201. The average Bonchev–Trinajstić information content (AvgIpc) is 3.11. The van der Waals surface area contributed by atoms with Crippen LogP contribution in [0.4, 0.5) is 0 Å². The summed E-state index contributed by atoms with van der Waals surface area (Å²) in [6.07, 6.45) is 6.11. The molecule has 0 aliphatic heterocycles. The highest BCUT2D eigenvalue weighted by Crippen LogP contribution is 2.39. The Bertz CT molecular complexity index is 653. The molecule has 0 bridgehead atoms. The Labute approximate surface area is 178 Å². The fourth-order valence-corrected chi connectivity index (χ4v) is 5.03. The summed E-state index contributed by atoms with van der Waals surface area (Å²) in [6.45, 7) is 2.67. The first kappa shape index (κ1) is 23.8. The number of esters is 1. The highest BCUT2D eigenvalue weighted by Gasteiger charge is 2.48. The molecule has 2 rings (SSSR count). The summed E-state index contributed by atoms with van der Waals surface area (Å²) in [5.74, 6) is 1.67. The number of aliphatic carboxylic acids is 1. The molecule has 1 heterocycles. The molecule has 1 aromatic heterocycles. The molecule has 1 N–H and O–H groups in total. The molecule has 1 unspecified atom stereocenters. The van der Waals surface area contributed by atoms with Gasteiger partial charge >= 0.3 is 11.9 Å². The molecule has 1 saturated carbocycles. The van der Waals surface area contributed by atoms with E-state index in [4.69, 9.17) is 9.15 Å². The van der Waals surface area contributed by atoms with Crippen LogP contribution in [0.3, 0.4) is 0 Å². The topological polar surface area (TPSA) is 80.0 Å². The zero-order valence-electron chi connectivity index (χ0n) is 17.9. The molecule has 1 fully saturated rings. The predicted molar refractivity (Wildman–Crippen MR) is 115 cm³/mol. The van der Waals surface area contributed by atoms with Gasteiger partial charge in [-0.25, -0.2) is 0 Å². The van der Waals surface area contributed by atoms with Crippen LogP contribution in [0, 0.1) is 11.3 Å². The van der Waals surface area contributed by atoms with Crippen LogP contribution in [-0.4, -0.2) is 48.4 Å². The molecule has 164 valence electrons. The number of rotatable bonds is 12. The normalized spacial score (nSPS) is 17.2. The number of carbonyl (C=O) groups excluding carboxylic acids is 1. The maximum atomic E-state index is 12.7. The van der Waals surface area contributed by atoms with Crippen molar-refractivity contribution in [3.8, 4) is 0 Å². The molecule has 7 heteroatoms. The first-order valence-electron chi connectivity index (χ1n) is 10.6. The van der Waals surface area contributed by atoms with Gasteiger partial charge in [0, 0.05) is 0 Å². The number of carbonyl (C=O) groups is 2. The molecule has 0 amide bonds. The second-order valence-electron chi connectivity index (χ2n) is 8.22. The van der Waals surface area contributed by atoms with Crippen molar-refractivity contribution in [2.75, 3.05) is 26.5 Å². The first-order chi connectivity index (χ1) is 13.9. The molecule has 0 saturated heterocycles. The number of carboxylic acids is 1. The van der Waals surface area contributed by atoms with Crippen LogP contribution in [0.25, 0.3) is 0 Å². The van der Waals surface area contributed by atoms with E-state index in [0.717, 1.165) is 43.7 Å². The number of thioether (sulfide) groups is 1. The van der Waals surface area contributed by atoms with Crippen LogP contribution in [0.5, 0.6) is 0 Å². The zero-order valence-corrected chi connectivity index (χ0v) is 18.8. The Morgan fingerprint density at radius 1 is 1.24 bits per heavy atom. The van der Waals surface area contributed by atoms with E-state index in [0.29, 0.717) is 17.9 Å². The monoisotopic (exact) mass is 425 g/mol. The first-order valence-corrected chi connectivity index (χ1v) is 11.7. The Kier molecular flexibility index (Phi) is 9.56. The fourth-order valence-electron chi connectivity index (χ4n) is 4.04. The van der Waals surface area contributed by atoms with Gasteiger partial charge in [-0.15, -0.1) is 0 Å². The van der Waals surface area contributed by atoms with Crippen LogP contribution in [0.15, 0.2) is 16.5 Å². The summed E-state index contributed by atoms with van der Waals surface area (Å²) in [5.41, 5.74) is -1.44. The Morgan fingerprint density at radius 2 is 1.93 bits per heavy atom. The molecule has 1 aliphatic rings. The van der Waals surface area contributed by atoms with E-state index in [1.165, 1.54) is 6.42 Å². The lowest BCUT2D eigenvalue weighted by molar-refractivity contribution is -0.170. The minimum atomic E-state index is -1.44. The van der Waals surface area contributed by atoms with Gasteiger partial charge in [-0.2, -0.15) is 11.8 Å². The lowest BCUT2D eigenvalue weighted by Gasteiger charge is -2.32. The number of furan rings is 1. The molecule has 6 nitrogen and oxygen atoms in total. The van der Waals surface area contributed by atoms with Crippen molar-refractivity contribution >= 4 is 23.7 Å². The third kappa shape index (κ3) is 7.07. The fraction of sp³-hybridized carbons (Fsp3) is 0.727. The van der Waals surface area contributed by atoms with Crippen molar-refractivity contribution in [3.05, 3.63) is 23.7 Å². The van der Waals surface area contributed by atoms with Gasteiger partial charge in [-0.3, -0.25) is 9.59 Å². The predicted octanol–water partition coefficient (Wildman–Crippen LogP) is 4.57. The number of nitrogens with zero attached hydrogens (tertiary/aromatic N) is 1. The van der Waals surface area contributed by atoms with Crippen LogP contribution in [-0.2, 0) is 26.6 Å². The summed E-state index contributed by atoms with van der Waals surface area (Å²) >= 11 is 1.60. The standard InChI is InChI=1S/C22H35NO5S/c1-4-27-21(26)22(20(24)25,14-17-8-6-5-7-9-17)12-13-29-16-19-11-10-18(28-19)15-23(2)3/h10-11,17H,4-9,12-16H2,1-3H3,(H,24,25). The number of hydrogen-bond donors (Lipinski definition) is 1. The summed E-state index contributed by atoms with van der Waals surface area (Å²) in [6, 6.07) is 3.93. The van der Waals surface area contributed by atoms with Gasteiger partial charge in [0.2, 0.25) is 0 Å². The third-order valence-electron chi connectivity index (χ3n) is 5.54. The number of hydrogen-bond acceptors (Lipinski definition) is 6. The van der Waals surface area contributed by atoms with Crippen molar-refractivity contribution in [2.24, 2.45) is 11.3 Å². The molecule has 0 spiro atoms. The van der Waals surface area contributed by atoms with Crippen molar-refractivity contribution in [1.29, 1.82) is 0 Å². The van der Waals surface area contributed by atoms with Crippen molar-refractivity contribution in [2.45, 2.75) is 64.2 Å². The SMILES string of the molecule is CCOC(=O)C(CCSCc1ccc(CN(C)C)o1)(CC1CCCCC1)C(=O)O. The molecule has 0 aromatic carbocycles. The van der Waals surface area contributed by atoms with Gasteiger partial charge < -0.3 is 19.2 Å². The molecule has 1 aliphatic carbocycles. The number of carboxylic acid groups (broad SMARTS) is 1. The summed E-state index contributed by atoms with van der Waals surface area (Å²) in [5, 5.41) is 10.0. The largest absolute Gasteiger partial charge is 0.480 e. The molecule has 29 heavy (non-hydrogen) atoms. The van der Waals surface area contributed by atoms with Crippen molar-refractivity contribution < 1.29 is 23.8 Å². The van der Waals surface area contributed by atoms with E-state index < -0.39 is 17.4 Å². The van der Waals surface area contributed by atoms with Crippen molar-refractivity contribution in [3.63, 3.8) is 0 Å². The highest BCUT2D eigenvalue weighted by molar-refractivity contribution is 7.98. The van der Waals surface area contributed by atoms with Gasteiger partial charge in [0.1, 0.15) is 11.5 Å². The van der Waals surface area contributed by atoms with E-state index in [9.17, 15) is 14.7 Å². The lowest BCUT2D eigenvalue weighted by atomic mass is 9.73. The Balaban J connectivity index is 1.97. The molecular weight excluding hydrogens is 390 g/mol. The third-order valence-corrected chi connectivity index (χ3v) is 6.53. The number of ether oxygens (including phenoxy) is 1. The summed E-state index contributed by atoms with van der Waals surface area (Å²) in [4.78, 5) is 27.0. The van der Waals surface area contributed by atoms with Crippen LogP contribution >= 0.6 is 11.8 Å². The highest BCUT2D eigenvalue weighted by atomic mass is 32.2. The van der Waals surface area contributed by atoms with Gasteiger partial charge in [0.25, 0.3) is 0 Å². The van der Waals surface area contributed by atoms with Crippen LogP contribution in [0.2, 0.25) is 0 Å². The Morgan fingerprint density at radius 3 is 2.55 bits per heavy atom.